The number of aliphatic carboxylic acids is 1. The highest BCUT2D eigenvalue weighted by molar-refractivity contribution is 7.87. The van der Waals surface area contributed by atoms with E-state index in [1.807, 2.05) is 18.4 Å². The molecular weight excluding hydrogens is 300 g/mol. The molecule has 20 heavy (non-hydrogen) atoms. The maximum atomic E-state index is 12.2. The van der Waals surface area contributed by atoms with E-state index in [1.54, 1.807) is 0 Å². The second-order valence-electron chi connectivity index (χ2n) is 4.89. The van der Waals surface area contributed by atoms with Gasteiger partial charge in [-0.2, -0.15) is 17.4 Å². The maximum Gasteiger partial charge on any atom is 0.307 e. The van der Waals surface area contributed by atoms with E-state index in [0.717, 1.165) is 10.4 Å². The lowest BCUT2D eigenvalue weighted by atomic mass is 10.0. The molecule has 0 bridgehead atoms. The van der Waals surface area contributed by atoms with Crippen molar-refractivity contribution in [3.8, 4) is 0 Å². The minimum absolute atomic E-state index is 0.0497. The average Bonchev–Trinajstić information content (AvgIpc) is 2.82. The predicted molar refractivity (Wildman–Crippen MR) is 76.7 cm³/mol. The molecule has 2 heterocycles. The smallest absolute Gasteiger partial charge is 0.307 e. The van der Waals surface area contributed by atoms with Gasteiger partial charge in [0, 0.05) is 24.5 Å². The van der Waals surface area contributed by atoms with Crippen LogP contribution in [0, 0.1) is 12.8 Å². The summed E-state index contributed by atoms with van der Waals surface area (Å²) in [6.07, 6.45) is 1.11. The van der Waals surface area contributed by atoms with Crippen LogP contribution in [0.5, 0.6) is 0 Å². The molecule has 2 N–H and O–H groups in total. The molecule has 1 saturated heterocycles. The first-order valence-electron chi connectivity index (χ1n) is 6.40. The van der Waals surface area contributed by atoms with Crippen molar-refractivity contribution >= 4 is 27.5 Å². The van der Waals surface area contributed by atoms with E-state index in [2.05, 4.69) is 4.72 Å². The molecule has 0 aliphatic carbocycles. The summed E-state index contributed by atoms with van der Waals surface area (Å²) in [7, 11) is -3.62. The SMILES string of the molecule is Cc1ccsc1CNS(=O)(=O)N1CCCC(C(=O)O)C1. The Morgan fingerprint density at radius 3 is 2.95 bits per heavy atom. The fourth-order valence-electron chi connectivity index (χ4n) is 2.20. The van der Waals surface area contributed by atoms with Gasteiger partial charge in [-0.1, -0.05) is 0 Å². The quantitative estimate of drug-likeness (QED) is 0.854. The van der Waals surface area contributed by atoms with Gasteiger partial charge in [-0.05, 0) is 36.8 Å². The van der Waals surface area contributed by atoms with Crippen molar-refractivity contribution in [2.24, 2.45) is 5.92 Å². The van der Waals surface area contributed by atoms with Crippen molar-refractivity contribution in [2.75, 3.05) is 13.1 Å². The zero-order chi connectivity index (χ0) is 14.8. The maximum absolute atomic E-state index is 12.2. The first-order chi connectivity index (χ1) is 9.40. The molecule has 0 amide bonds. The number of nitrogens with one attached hydrogen (secondary N) is 1. The van der Waals surface area contributed by atoms with Crippen LogP contribution in [0.2, 0.25) is 0 Å². The third-order valence-corrected chi connectivity index (χ3v) is 6.00. The Bertz CT molecular complexity index is 582. The third-order valence-electron chi connectivity index (χ3n) is 3.46. The van der Waals surface area contributed by atoms with E-state index in [-0.39, 0.29) is 13.1 Å². The fourth-order valence-corrected chi connectivity index (χ4v) is 4.39. The largest absolute Gasteiger partial charge is 0.481 e. The number of thiophene rings is 1. The van der Waals surface area contributed by atoms with Crippen LogP contribution in [0.15, 0.2) is 11.4 Å². The number of piperidine rings is 1. The number of hydrogen-bond acceptors (Lipinski definition) is 4. The molecule has 1 atom stereocenters. The van der Waals surface area contributed by atoms with Crippen LogP contribution in [0.4, 0.5) is 0 Å². The van der Waals surface area contributed by atoms with E-state index in [1.165, 1.54) is 15.6 Å². The van der Waals surface area contributed by atoms with Crippen LogP contribution in [0.1, 0.15) is 23.3 Å². The van der Waals surface area contributed by atoms with Crippen LogP contribution >= 0.6 is 11.3 Å². The molecule has 1 aliphatic heterocycles. The zero-order valence-corrected chi connectivity index (χ0v) is 12.8. The van der Waals surface area contributed by atoms with Gasteiger partial charge >= 0.3 is 5.97 Å². The second kappa shape index (κ2) is 6.21. The van der Waals surface area contributed by atoms with E-state index in [9.17, 15) is 13.2 Å². The standard InChI is InChI=1S/C12H18N2O4S2/c1-9-4-6-19-11(9)7-13-20(17,18)14-5-2-3-10(8-14)12(15)16/h4,6,10,13H,2-3,5,7-8H2,1H3,(H,15,16). The van der Waals surface area contributed by atoms with Crippen LogP contribution in [-0.4, -0.2) is 36.9 Å². The number of carbonyl (C=O) groups is 1. The van der Waals surface area contributed by atoms with Gasteiger partial charge < -0.3 is 5.11 Å². The average molecular weight is 318 g/mol. The summed E-state index contributed by atoms with van der Waals surface area (Å²) in [6.45, 7) is 2.61. The van der Waals surface area contributed by atoms with Crippen LogP contribution in [-0.2, 0) is 21.5 Å². The lowest BCUT2D eigenvalue weighted by molar-refractivity contribution is -0.142. The number of carboxylic acids is 1. The molecule has 1 aromatic rings. The molecule has 0 aromatic carbocycles. The molecule has 1 aromatic heterocycles. The van der Waals surface area contributed by atoms with Crippen molar-refractivity contribution in [3.63, 3.8) is 0 Å². The summed E-state index contributed by atoms with van der Waals surface area (Å²) in [5.41, 5.74) is 1.06. The van der Waals surface area contributed by atoms with E-state index < -0.39 is 22.1 Å². The van der Waals surface area contributed by atoms with Crippen molar-refractivity contribution in [1.82, 2.24) is 9.03 Å². The Labute approximate surface area is 122 Å². The van der Waals surface area contributed by atoms with Gasteiger partial charge in [0.15, 0.2) is 0 Å². The Kier molecular flexibility index (Phi) is 4.79. The molecule has 1 fully saturated rings. The molecule has 0 radical (unpaired) electrons. The summed E-state index contributed by atoms with van der Waals surface area (Å²) in [6, 6.07) is 1.94. The van der Waals surface area contributed by atoms with Gasteiger partial charge in [0.05, 0.1) is 5.92 Å². The van der Waals surface area contributed by atoms with Gasteiger partial charge in [0.25, 0.3) is 10.2 Å². The number of nitrogens with zero attached hydrogens (tertiary/aromatic N) is 1. The highest BCUT2D eigenvalue weighted by Gasteiger charge is 2.32. The van der Waals surface area contributed by atoms with Gasteiger partial charge in [-0.3, -0.25) is 4.79 Å². The van der Waals surface area contributed by atoms with Gasteiger partial charge in [-0.25, -0.2) is 0 Å². The van der Waals surface area contributed by atoms with E-state index >= 15 is 0 Å². The Morgan fingerprint density at radius 2 is 2.35 bits per heavy atom. The number of rotatable bonds is 5. The fraction of sp³-hybridized carbons (Fsp3) is 0.583. The lowest BCUT2D eigenvalue weighted by Crippen LogP contribution is -2.47. The summed E-state index contributed by atoms with van der Waals surface area (Å²) < 4.78 is 28.2. The second-order valence-corrected chi connectivity index (χ2v) is 7.64. The monoisotopic (exact) mass is 318 g/mol. The van der Waals surface area contributed by atoms with Gasteiger partial charge in [0.1, 0.15) is 0 Å². The van der Waals surface area contributed by atoms with Crippen LogP contribution in [0.25, 0.3) is 0 Å². The molecule has 6 nitrogen and oxygen atoms in total. The highest BCUT2D eigenvalue weighted by atomic mass is 32.2. The Hall–Kier alpha value is -0.960. The summed E-state index contributed by atoms with van der Waals surface area (Å²) >= 11 is 1.50. The molecule has 8 heteroatoms. The summed E-state index contributed by atoms with van der Waals surface area (Å²) in [5, 5.41) is 10.9. The minimum Gasteiger partial charge on any atom is -0.481 e. The molecule has 1 aliphatic rings. The van der Waals surface area contributed by atoms with Crippen LogP contribution < -0.4 is 4.72 Å². The molecular formula is C12H18N2O4S2. The normalized spacial score (nSPS) is 20.9. The molecule has 0 saturated carbocycles. The molecule has 0 spiro atoms. The van der Waals surface area contributed by atoms with Crippen molar-refractivity contribution in [3.05, 3.63) is 21.9 Å². The molecule has 1 unspecified atom stereocenters. The lowest BCUT2D eigenvalue weighted by Gasteiger charge is -2.29. The van der Waals surface area contributed by atoms with E-state index in [0.29, 0.717) is 19.4 Å². The van der Waals surface area contributed by atoms with Gasteiger partial charge in [0.2, 0.25) is 0 Å². The number of aryl methyl sites for hydroxylation is 1. The first-order valence-corrected chi connectivity index (χ1v) is 8.72. The Balaban J connectivity index is 1.99. The van der Waals surface area contributed by atoms with E-state index in [4.69, 9.17) is 5.11 Å². The summed E-state index contributed by atoms with van der Waals surface area (Å²) in [4.78, 5) is 11.9. The number of carboxylic acid groups (broad SMARTS) is 1. The third kappa shape index (κ3) is 3.57. The Morgan fingerprint density at radius 1 is 1.60 bits per heavy atom. The first kappa shape index (κ1) is 15.4. The predicted octanol–water partition coefficient (Wildman–Crippen LogP) is 1.19. The minimum atomic E-state index is -3.62. The van der Waals surface area contributed by atoms with Gasteiger partial charge in [-0.15, -0.1) is 11.3 Å². The van der Waals surface area contributed by atoms with Crippen molar-refractivity contribution < 1.29 is 18.3 Å². The molecule has 2 rings (SSSR count). The zero-order valence-electron chi connectivity index (χ0n) is 11.2. The highest BCUT2D eigenvalue weighted by Crippen LogP contribution is 2.20. The summed E-state index contributed by atoms with van der Waals surface area (Å²) in [5.74, 6) is -1.54. The molecule has 112 valence electrons. The van der Waals surface area contributed by atoms with Crippen molar-refractivity contribution in [2.45, 2.75) is 26.3 Å². The topological polar surface area (TPSA) is 86.7 Å². The number of hydrogen-bond donors (Lipinski definition) is 2. The van der Waals surface area contributed by atoms with Crippen molar-refractivity contribution in [1.29, 1.82) is 0 Å². The van der Waals surface area contributed by atoms with Crippen LogP contribution in [0.3, 0.4) is 0 Å².